The lowest BCUT2D eigenvalue weighted by atomic mass is 10.00. The van der Waals surface area contributed by atoms with Gasteiger partial charge in [-0.1, -0.05) is 5.16 Å². The van der Waals surface area contributed by atoms with Gasteiger partial charge in [0.15, 0.2) is 11.5 Å². The van der Waals surface area contributed by atoms with Gasteiger partial charge in [0.05, 0.1) is 10.8 Å². The fourth-order valence-corrected chi connectivity index (χ4v) is 5.35. The third kappa shape index (κ3) is 3.88. The summed E-state index contributed by atoms with van der Waals surface area (Å²) >= 11 is 0. The third-order valence-corrected chi connectivity index (χ3v) is 7.29. The molecule has 0 N–H and O–H groups in total. The van der Waals surface area contributed by atoms with Gasteiger partial charge < -0.3 is 14.0 Å². The number of aromatic nitrogens is 2. The third-order valence-electron chi connectivity index (χ3n) is 5.43. The normalized spacial score (nSPS) is 19.3. The second-order valence-electron chi connectivity index (χ2n) is 7.47. The zero-order chi connectivity index (χ0) is 21.4. The molecular formula is C21H20FN3O5S. The van der Waals surface area contributed by atoms with Crippen LogP contribution in [0.1, 0.15) is 24.7 Å². The predicted molar refractivity (Wildman–Crippen MR) is 108 cm³/mol. The molecule has 1 aromatic heterocycles. The summed E-state index contributed by atoms with van der Waals surface area (Å²) in [5.41, 5.74) is 0.632. The second kappa shape index (κ2) is 7.93. The first-order chi connectivity index (χ1) is 15.0. The molecule has 1 atom stereocenters. The Labute approximate surface area is 178 Å². The minimum atomic E-state index is -3.72. The first-order valence-electron chi connectivity index (χ1n) is 10.00. The van der Waals surface area contributed by atoms with Crippen molar-refractivity contribution in [2.75, 3.05) is 26.3 Å². The van der Waals surface area contributed by atoms with Crippen LogP contribution in [0.5, 0.6) is 11.5 Å². The summed E-state index contributed by atoms with van der Waals surface area (Å²) in [6.45, 7) is 1.47. The summed E-state index contributed by atoms with van der Waals surface area (Å²) in [7, 11) is -3.72. The van der Waals surface area contributed by atoms with Crippen molar-refractivity contribution in [3.63, 3.8) is 0 Å². The maximum atomic E-state index is 13.2. The molecule has 2 aliphatic heterocycles. The number of nitrogens with zero attached hydrogens (tertiary/aromatic N) is 3. The largest absolute Gasteiger partial charge is 0.486 e. The molecule has 0 radical (unpaired) electrons. The van der Waals surface area contributed by atoms with Gasteiger partial charge in [-0.2, -0.15) is 9.29 Å². The minimum absolute atomic E-state index is 0.162. The molecule has 2 aliphatic rings. The van der Waals surface area contributed by atoms with Crippen LogP contribution in [0.4, 0.5) is 4.39 Å². The Balaban J connectivity index is 1.36. The van der Waals surface area contributed by atoms with Crippen molar-refractivity contribution in [3.05, 3.63) is 54.2 Å². The molecule has 0 aliphatic carbocycles. The molecule has 1 saturated heterocycles. The van der Waals surface area contributed by atoms with Gasteiger partial charge in [0.1, 0.15) is 19.0 Å². The highest BCUT2D eigenvalue weighted by molar-refractivity contribution is 7.89. The number of rotatable bonds is 4. The van der Waals surface area contributed by atoms with E-state index in [9.17, 15) is 12.8 Å². The van der Waals surface area contributed by atoms with Crippen LogP contribution < -0.4 is 9.47 Å². The Kier molecular flexibility index (Phi) is 5.11. The van der Waals surface area contributed by atoms with Crippen LogP contribution in [-0.2, 0) is 10.0 Å². The van der Waals surface area contributed by atoms with Gasteiger partial charge in [0, 0.05) is 24.7 Å². The Morgan fingerprint density at radius 3 is 2.61 bits per heavy atom. The summed E-state index contributed by atoms with van der Waals surface area (Å²) in [4.78, 5) is 4.58. The van der Waals surface area contributed by atoms with Crippen LogP contribution >= 0.6 is 0 Å². The lowest BCUT2D eigenvalue weighted by Crippen LogP contribution is -2.39. The zero-order valence-electron chi connectivity index (χ0n) is 16.5. The summed E-state index contributed by atoms with van der Waals surface area (Å²) in [5, 5.41) is 3.98. The molecule has 3 heterocycles. The number of hydrogen-bond acceptors (Lipinski definition) is 7. The summed E-state index contributed by atoms with van der Waals surface area (Å²) in [5.74, 6) is 1.13. The van der Waals surface area contributed by atoms with Gasteiger partial charge in [0.2, 0.25) is 21.7 Å². The molecule has 0 unspecified atom stereocenters. The standard InChI is InChI=1S/C21H20FN3O5S/c22-16-5-3-14(4-6-16)20-23-21(30-24-20)15-2-1-9-25(13-15)31(26,27)17-7-8-18-19(12-17)29-11-10-28-18/h3-8,12,15H,1-2,9-11,13H2/t15-/m1/s1. The van der Waals surface area contributed by atoms with Gasteiger partial charge in [-0.05, 0) is 49.2 Å². The predicted octanol–water partition coefficient (Wildman–Crippen LogP) is 3.22. The van der Waals surface area contributed by atoms with Gasteiger partial charge >= 0.3 is 0 Å². The molecule has 162 valence electrons. The average Bonchev–Trinajstić information content (AvgIpc) is 3.30. The highest BCUT2D eigenvalue weighted by Gasteiger charge is 2.34. The molecule has 0 spiro atoms. The molecule has 10 heteroatoms. The topological polar surface area (TPSA) is 94.8 Å². The summed E-state index contributed by atoms with van der Waals surface area (Å²) in [6, 6.07) is 10.5. The first kappa shape index (κ1) is 20.0. The first-order valence-corrected chi connectivity index (χ1v) is 11.4. The van der Waals surface area contributed by atoms with Gasteiger partial charge in [0.25, 0.3) is 0 Å². The smallest absolute Gasteiger partial charge is 0.243 e. The number of halogens is 1. The zero-order valence-corrected chi connectivity index (χ0v) is 17.3. The van der Waals surface area contributed by atoms with Crippen LogP contribution in [0.3, 0.4) is 0 Å². The van der Waals surface area contributed by atoms with E-state index in [0.29, 0.717) is 55.0 Å². The van der Waals surface area contributed by atoms with Gasteiger partial charge in [-0.25, -0.2) is 12.8 Å². The molecule has 1 fully saturated rings. The number of benzene rings is 2. The molecule has 5 rings (SSSR count). The van der Waals surface area contributed by atoms with Crippen molar-refractivity contribution in [1.29, 1.82) is 0 Å². The van der Waals surface area contributed by atoms with Crippen molar-refractivity contribution in [3.8, 4) is 22.9 Å². The lowest BCUT2D eigenvalue weighted by Gasteiger charge is -2.30. The fraction of sp³-hybridized carbons (Fsp3) is 0.333. The Morgan fingerprint density at radius 2 is 1.81 bits per heavy atom. The van der Waals surface area contributed by atoms with E-state index in [-0.39, 0.29) is 23.2 Å². The quantitative estimate of drug-likeness (QED) is 0.609. The molecule has 0 bridgehead atoms. The number of piperidine rings is 1. The van der Waals surface area contributed by atoms with E-state index in [4.69, 9.17) is 14.0 Å². The second-order valence-corrected chi connectivity index (χ2v) is 9.41. The van der Waals surface area contributed by atoms with Crippen LogP contribution in [-0.4, -0.2) is 49.2 Å². The Morgan fingerprint density at radius 1 is 1.03 bits per heavy atom. The van der Waals surface area contributed by atoms with E-state index in [2.05, 4.69) is 10.1 Å². The SMILES string of the molecule is O=S(=O)(c1ccc2c(c1)OCCO2)N1CCC[C@@H](c2nc(-c3ccc(F)cc3)no2)C1. The number of fused-ring (bicyclic) bond motifs is 1. The molecule has 0 amide bonds. The van der Waals surface area contributed by atoms with E-state index >= 15 is 0 Å². The van der Waals surface area contributed by atoms with Crippen LogP contribution in [0.25, 0.3) is 11.4 Å². The van der Waals surface area contributed by atoms with E-state index in [1.54, 1.807) is 18.2 Å². The lowest BCUT2D eigenvalue weighted by molar-refractivity contribution is 0.171. The summed E-state index contributed by atoms with van der Waals surface area (Å²) in [6.07, 6.45) is 1.40. The van der Waals surface area contributed by atoms with E-state index in [1.165, 1.54) is 28.6 Å². The van der Waals surface area contributed by atoms with Gasteiger partial charge in [-0.3, -0.25) is 0 Å². The highest BCUT2D eigenvalue weighted by atomic mass is 32.2. The van der Waals surface area contributed by atoms with Crippen molar-refractivity contribution < 1.29 is 26.8 Å². The molecule has 2 aromatic carbocycles. The molecule has 8 nitrogen and oxygen atoms in total. The van der Waals surface area contributed by atoms with Crippen molar-refractivity contribution in [2.24, 2.45) is 0 Å². The maximum absolute atomic E-state index is 13.2. The monoisotopic (exact) mass is 445 g/mol. The summed E-state index contributed by atoms with van der Waals surface area (Å²) < 4.78 is 57.5. The van der Waals surface area contributed by atoms with E-state index < -0.39 is 10.0 Å². The molecule has 3 aromatic rings. The Hall–Kier alpha value is -2.98. The van der Waals surface area contributed by atoms with Crippen molar-refractivity contribution >= 4 is 10.0 Å². The number of sulfonamides is 1. The van der Waals surface area contributed by atoms with E-state index in [0.717, 1.165) is 6.42 Å². The maximum Gasteiger partial charge on any atom is 0.243 e. The van der Waals surface area contributed by atoms with Crippen LogP contribution in [0, 0.1) is 5.82 Å². The number of hydrogen-bond donors (Lipinski definition) is 0. The average molecular weight is 445 g/mol. The van der Waals surface area contributed by atoms with Crippen molar-refractivity contribution in [2.45, 2.75) is 23.7 Å². The van der Waals surface area contributed by atoms with E-state index in [1.807, 2.05) is 0 Å². The van der Waals surface area contributed by atoms with Crippen molar-refractivity contribution in [1.82, 2.24) is 14.4 Å². The van der Waals surface area contributed by atoms with Gasteiger partial charge in [-0.15, -0.1) is 0 Å². The Bertz CT molecular complexity index is 1200. The molecular weight excluding hydrogens is 425 g/mol. The molecule has 31 heavy (non-hydrogen) atoms. The highest BCUT2D eigenvalue weighted by Crippen LogP contribution is 2.35. The molecule has 0 saturated carbocycles. The van der Waals surface area contributed by atoms with Crippen LogP contribution in [0.2, 0.25) is 0 Å². The fourth-order valence-electron chi connectivity index (χ4n) is 3.81. The minimum Gasteiger partial charge on any atom is -0.486 e. The van der Waals surface area contributed by atoms with Crippen LogP contribution in [0.15, 0.2) is 51.9 Å². The number of ether oxygens (including phenoxy) is 2.